The third kappa shape index (κ3) is 4.54. The summed E-state index contributed by atoms with van der Waals surface area (Å²) in [4.78, 5) is 2.32. The van der Waals surface area contributed by atoms with E-state index in [9.17, 15) is 4.39 Å². The molecule has 2 nitrogen and oxygen atoms in total. The molecule has 1 atom stereocenters. The number of anilines is 1. The van der Waals surface area contributed by atoms with Gasteiger partial charge in [-0.25, -0.2) is 4.39 Å². The SMILES string of the molecule is CC/C(=C\C=C(/C)C1CCN1c1ccc(F)cc1)OCc1ccccc1. The summed E-state index contributed by atoms with van der Waals surface area (Å²) >= 11 is 0. The van der Waals surface area contributed by atoms with E-state index in [4.69, 9.17) is 4.74 Å². The summed E-state index contributed by atoms with van der Waals surface area (Å²) in [7, 11) is 0. The molecule has 0 radical (unpaired) electrons. The third-order valence-corrected chi connectivity index (χ3v) is 4.85. The molecule has 0 aromatic heterocycles. The summed E-state index contributed by atoms with van der Waals surface area (Å²) in [6.45, 7) is 5.87. The third-order valence-electron chi connectivity index (χ3n) is 4.85. The molecular formula is C23H26FNO. The second-order valence-corrected chi connectivity index (χ2v) is 6.65. The maximum Gasteiger partial charge on any atom is 0.123 e. The highest BCUT2D eigenvalue weighted by Gasteiger charge is 2.29. The lowest BCUT2D eigenvalue weighted by molar-refractivity contribution is 0.191. The molecule has 3 heteroatoms. The minimum Gasteiger partial charge on any atom is -0.493 e. The normalized spacial score (nSPS) is 17.8. The van der Waals surface area contributed by atoms with E-state index in [-0.39, 0.29) is 5.82 Å². The van der Waals surface area contributed by atoms with Gasteiger partial charge < -0.3 is 9.64 Å². The van der Waals surface area contributed by atoms with Crippen LogP contribution in [0.4, 0.5) is 10.1 Å². The number of halogens is 1. The Balaban J connectivity index is 1.62. The Labute approximate surface area is 155 Å². The molecular weight excluding hydrogens is 325 g/mol. The molecule has 2 aromatic rings. The lowest BCUT2D eigenvalue weighted by Gasteiger charge is -2.43. The first-order valence-corrected chi connectivity index (χ1v) is 9.23. The number of ether oxygens (including phenoxy) is 1. The molecule has 0 bridgehead atoms. The van der Waals surface area contributed by atoms with Crippen LogP contribution in [0.2, 0.25) is 0 Å². The molecule has 3 rings (SSSR count). The van der Waals surface area contributed by atoms with Crippen molar-refractivity contribution in [3.05, 3.63) is 89.5 Å². The predicted molar refractivity (Wildman–Crippen MR) is 106 cm³/mol. The van der Waals surface area contributed by atoms with Crippen molar-refractivity contribution in [2.24, 2.45) is 0 Å². The topological polar surface area (TPSA) is 12.5 Å². The van der Waals surface area contributed by atoms with Gasteiger partial charge in [-0.1, -0.05) is 48.9 Å². The quantitative estimate of drug-likeness (QED) is 0.457. The van der Waals surface area contributed by atoms with Crippen molar-refractivity contribution in [1.29, 1.82) is 0 Å². The number of hydrogen-bond donors (Lipinski definition) is 0. The van der Waals surface area contributed by atoms with E-state index >= 15 is 0 Å². The highest BCUT2D eigenvalue weighted by atomic mass is 19.1. The number of benzene rings is 2. The van der Waals surface area contributed by atoms with Crippen molar-refractivity contribution in [2.45, 2.75) is 39.3 Å². The van der Waals surface area contributed by atoms with Gasteiger partial charge in [0.15, 0.2) is 0 Å². The van der Waals surface area contributed by atoms with E-state index in [1.54, 1.807) is 0 Å². The molecule has 0 spiro atoms. The highest BCUT2D eigenvalue weighted by Crippen LogP contribution is 2.30. The molecule has 2 aromatic carbocycles. The lowest BCUT2D eigenvalue weighted by Crippen LogP contribution is -2.48. The van der Waals surface area contributed by atoms with Gasteiger partial charge in [0.2, 0.25) is 0 Å². The van der Waals surface area contributed by atoms with Crippen LogP contribution in [0.3, 0.4) is 0 Å². The highest BCUT2D eigenvalue weighted by molar-refractivity contribution is 5.52. The van der Waals surface area contributed by atoms with Crippen LogP contribution >= 0.6 is 0 Å². The first-order chi connectivity index (χ1) is 12.7. The average molecular weight is 351 g/mol. The van der Waals surface area contributed by atoms with Crippen molar-refractivity contribution < 1.29 is 9.13 Å². The Bertz CT molecular complexity index is 765. The second kappa shape index (κ2) is 8.70. The average Bonchev–Trinajstić information content (AvgIpc) is 2.63. The molecule has 1 fully saturated rings. The van der Waals surface area contributed by atoms with Gasteiger partial charge in [0.05, 0.1) is 11.8 Å². The predicted octanol–water partition coefficient (Wildman–Crippen LogP) is 5.86. The molecule has 1 saturated heterocycles. The Morgan fingerprint density at radius 1 is 1.12 bits per heavy atom. The van der Waals surface area contributed by atoms with Crippen LogP contribution in [0.5, 0.6) is 0 Å². The minimum atomic E-state index is -0.191. The zero-order valence-corrected chi connectivity index (χ0v) is 15.5. The number of rotatable bonds is 7. The summed E-state index contributed by atoms with van der Waals surface area (Å²) in [5, 5.41) is 0. The fraction of sp³-hybridized carbons (Fsp3) is 0.304. The molecule has 0 amide bonds. The van der Waals surface area contributed by atoms with Gasteiger partial charge >= 0.3 is 0 Å². The standard InChI is InChI=1S/C23H26FNO/c1-3-22(26-17-19-7-5-4-6-8-19)14-9-18(2)23-15-16-25(23)21-12-10-20(24)11-13-21/h4-14,23H,3,15-17H2,1-2H3/b18-9+,22-14+. The molecule has 1 heterocycles. The molecule has 1 aliphatic heterocycles. The zero-order chi connectivity index (χ0) is 18.4. The Morgan fingerprint density at radius 3 is 2.46 bits per heavy atom. The molecule has 0 N–H and O–H groups in total. The summed E-state index contributed by atoms with van der Waals surface area (Å²) in [6, 6.07) is 17.3. The van der Waals surface area contributed by atoms with E-state index < -0.39 is 0 Å². The van der Waals surface area contributed by atoms with Crippen molar-refractivity contribution in [1.82, 2.24) is 0 Å². The number of nitrogens with zero attached hydrogens (tertiary/aromatic N) is 1. The lowest BCUT2D eigenvalue weighted by atomic mass is 9.94. The van der Waals surface area contributed by atoms with Crippen LogP contribution in [0.15, 0.2) is 78.1 Å². The summed E-state index contributed by atoms with van der Waals surface area (Å²) in [5.74, 6) is 0.796. The van der Waals surface area contributed by atoms with Crippen molar-refractivity contribution in [2.75, 3.05) is 11.4 Å². The summed E-state index contributed by atoms with van der Waals surface area (Å²) in [5.41, 5.74) is 3.55. The summed E-state index contributed by atoms with van der Waals surface area (Å²) < 4.78 is 19.1. The molecule has 26 heavy (non-hydrogen) atoms. The van der Waals surface area contributed by atoms with E-state index in [1.807, 2.05) is 30.3 Å². The molecule has 1 unspecified atom stereocenters. The second-order valence-electron chi connectivity index (χ2n) is 6.65. The van der Waals surface area contributed by atoms with Gasteiger partial charge in [-0.2, -0.15) is 0 Å². The summed E-state index contributed by atoms with van der Waals surface area (Å²) in [6.07, 6.45) is 6.23. The molecule has 0 aliphatic carbocycles. The van der Waals surface area contributed by atoms with Gasteiger partial charge in [0.1, 0.15) is 12.4 Å². The van der Waals surface area contributed by atoms with Gasteiger partial charge in [-0.05, 0) is 49.2 Å². The number of allylic oxidation sites excluding steroid dienone is 3. The van der Waals surface area contributed by atoms with Crippen molar-refractivity contribution in [3.8, 4) is 0 Å². The van der Waals surface area contributed by atoms with Gasteiger partial charge in [0, 0.05) is 18.7 Å². The maximum atomic E-state index is 13.1. The zero-order valence-electron chi connectivity index (χ0n) is 15.5. The van der Waals surface area contributed by atoms with Crippen molar-refractivity contribution in [3.63, 3.8) is 0 Å². The molecule has 0 saturated carbocycles. The first-order valence-electron chi connectivity index (χ1n) is 9.23. The largest absolute Gasteiger partial charge is 0.493 e. The molecule has 1 aliphatic rings. The monoisotopic (exact) mass is 351 g/mol. The fourth-order valence-electron chi connectivity index (χ4n) is 3.16. The Hall–Kier alpha value is -2.55. The molecule has 136 valence electrons. The van der Waals surface area contributed by atoms with Gasteiger partial charge in [-0.15, -0.1) is 0 Å². The van der Waals surface area contributed by atoms with E-state index in [1.165, 1.54) is 23.3 Å². The maximum absolute atomic E-state index is 13.1. The number of hydrogen-bond acceptors (Lipinski definition) is 2. The van der Waals surface area contributed by atoms with Crippen LogP contribution in [0, 0.1) is 5.82 Å². The minimum absolute atomic E-state index is 0.191. The Morgan fingerprint density at radius 2 is 1.85 bits per heavy atom. The Kier molecular flexibility index (Phi) is 6.11. The van der Waals surface area contributed by atoms with E-state index in [0.717, 1.165) is 30.8 Å². The van der Waals surface area contributed by atoms with E-state index in [2.05, 4.69) is 43.0 Å². The fourth-order valence-corrected chi connectivity index (χ4v) is 3.16. The van der Waals surface area contributed by atoms with E-state index in [0.29, 0.717) is 12.6 Å². The van der Waals surface area contributed by atoms with Crippen LogP contribution in [-0.2, 0) is 11.3 Å². The van der Waals surface area contributed by atoms with Crippen LogP contribution in [0.1, 0.15) is 32.3 Å². The van der Waals surface area contributed by atoms with Crippen LogP contribution < -0.4 is 4.90 Å². The smallest absolute Gasteiger partial charge is 0.123 e. The van der Waals surface area contributed by atoms with Gasteiger partial charge in [0.25, 0.3) is 0 Å². The van der Waals surface area contributed by atoms with Gasteiger partial charge in [-0.3, -0.25) is 0 Å². The first kappa shape index (κ1) is 18.2. The van der Waals surface area contributed by atoms with Crippen LogP contribution in [0.25, 0.3) is 0 Å². The van der Waals surface area contributed by atoms with Crippen molar-refractivity contribution >= 4 is 5.69 Å². The van der Waals surface area contributed by atoms with Crippen LogP contribution in [-0.4, -0.2) is 12.6 Å².